The molecule has 1 rings (SSSR count). The zero-order chi connectivity index (χ0) is 11.5. The molecule has 1 heterocycles. The largest absolute Gasteiger partial charge is 0.389 e. The first-order valence-corrected chi connectivity index (χ1v) is 5.99. The van der Waals surface area contributed by atoms with Crippen molar-refractivity contribution in [3.05, 3.63) is 10.5 Å². The molecule has 0 saturated carbocycles. The highest BCUT2D eigenvalue weighted by molar-refractivity contribution is 7.99. The molecule has 1 aromatic rings. The molecule has 0 aliphatic carbocycles. The lowest BCUT2D eigenvalue weighted by Gasteiger charge is -2.19. The first-order valence-electron chi connectivity index (χ1n) is 5.00. The monoisotopic (exact) mass is 231 g/mol. The maximum Gasteiger partial charge on any atom is 0.343 e. The molecule has 0 saturated heterocycles. The van der Waals surface area contributed by atoms with Gasteiger partial charge in [-0.05, 0) is 20.3 Å². The van der Waals surface area contributed by atoms with Gasteiger partial charge in [0.15, 0.2) is 5.16 Å². The van der Waals surface area contributed by atoms with Gasteiger partial charge in [-0.15, -0.1) is 5.10 Å². The van der Waals surface area contributed by atoms with Crippen LogP contribution in [-0.2, 0) is 6.54 Å². The Bertz CT molecular complexity index is 370. The molecule has 0 fully saturated rings. The van der Waals surface area contributed by atoms with E-state index < -0.39 is 5.60 Å². The normalized spacial score (nSPS) is 15.2. The number of aromatic nitrogens is 3. The molecule has 0 amide bonds. The molecule has 0 spiro atoms. The zero-order valence-corrected chi connectivity index (χ0v) is 10.1. The summed E-state index contributed by atoms with van der Waals surface area (Å²) in [6.45, 7) is 6.18. The molecule has 2 N–H and O–H groups in total. The van der Waals surface area contributed by atoms with Crippen LogP contribution in [0.4, 0.5) is 0 Å². The van der Waals surface area contributed by atoms with Gasteiger partial charge in [0, 0.05) is 12.3 Å². The molecule has 1 atom stereocenters. The number of aromatic amines is 1. The molecule has 86 valence electrons. The predicted molar refractivity (Wildman–Crippen MR) is 60.2 cm³/mol. The molecular formula is C9H17N3O2S. The first kappa shape index (κ1) is 12.3. The summed E-state index contributed by atoms with van der Waals surface area (Å²) in [7, 11) is 0. The van der Waals surface area contributed by atoms with Gasteiger partial charge in [-0.3, -0.25) is 4.57 Å². The lowest BCUT2D eigenvalue weighted by molar-refractivity contribution is 0.0815. The summed E-state index contributed by atoms with van der Waals surface area (Å²) in [5.74, 6) is 0.536. The average molecular weight is 231 g/mol. The molecule has 0 bridgehead atoms. The molecule has 1 aromatic heterocycles. The molecule has 0 aromatic carbocycles. The van der Waals surface area contributed by atoms with Crippen molar-refractivity contribution >= 4 is 11.8 Å². The number of hydrogen-bond donors (Lipinski definition) is 2. The molecule has 0 aliphatic heterocycles. The molecule has 15 heavy (non-hydrogen) atoms. The highest BCUT2D eigenvalue weighted by Crippen LogP contribution is 2.21. The lowest BCUT2D eigenvalue weighted by atomic mass is 10.1. The van der Waals surface area contributed by atoms with E-state index in [1.54, 1.807) is 11.5 Å². The van der Waals surface area contributed by atoms with Crippen molar-refractivity contribution in [1.29, 1.82) is 0 Å². The van der Waals surface area contributed by atoms with Gasteiger partial charge >= 0.3 is 5.69 Å². The third-order valence-electron chi connectivity index (χ3n) is 2.31. The Kier molecular flexibility index (Phi) is 3.98. The third-order valence-corrected chi connectivity index (χ3v) is 3.65. The summed E-state index contributed by atoms with van der Waals surface area (Å²) in [5.41, 5.74) is -0.908. The topological polar surface area (TPSA) is 70.9 Å². The molecule has 0 radical (unpaired) electrons. The Morgan fingerprint density at radius 3 is 2.80 bits per heavy atom. The molecular weight excluding hydrogens is 214 g/mol. The molecule has 6 heteroatoms. The summed E-state index contributed by atoms with van der Waals surface area (Å²) >= 11 is 1.39. The van der Waals surface area contributed by atoms with Crippen molar-refractivity contribution in [1.82, 2.24) is 14.8 Å². The van der Waals surface area contributed by atoms with Crippen molar-refractivity contribution < 1.29 is 5.11 Å². The Morgan fingerprint density at radius 2 is 2.27 bits per heavy atom. The van der Waals surface area contributed by atoms with Gasteiger partial charge in [0.05, 0.1) is 5.60 Å². The van der Waals surface area contributed by atoms with Crippen LogP contribution >= 0.6 is 11.8 Å². The number of H-pyrrole nitrogens is 1. The number of aliphatic hydroxyl groups is 1. The smallest absolute Gasteiger partial charge is 0.343 e. The van der Waals surface area contributed by atoms with E-state index >= 15 is 0 Å². The quantitative estimate of drug-likeness (QED) is 0.737. The summed E-state index contributed by atoms with van der Waals surface area (Å²) in [5, 5.41) is 16.7. The van der Waals surface area contributed by atoms with Crippen LogP contribution in [0, 0.1) is 0 Å². The van der Waals surface area contributed by atoms with E-state index in [2.05, 4.69) is 10.2 Å². The zero-order valence-electron chi connectivity index (χ0n) is 9.28. The minimum atomic E-state index is -0.710. The van der Waals surface area contributed by atoms with Crippen LogP contribution in [0.25, 0.3) is 0 Å². The van der Waals surface area contributed by atoms with E-state index in [9.17, 15) is 9.90 Å². The summed E-state index contributed by atoms with van der Waals surface area (Å²) < 4.78 is 1.55. The van der Waals surface area contributed by atoms with Crippen molar-refractivity contribution in [2.45, 2.75) is 44.5 Å². The van der Waals surface area contributed by atoms with Gasteiger partial charge in [0.25, 0.3) is 0 Å². The fourth-order valence-corrected chi connectivity index (χ4v) is 2.14. The van der Waals surface area contributed by atoms with E-state index in [1.807, 2.05) is 13.8 Å². The Labute approximate surface area is 92.9 Å². The van der Waals surface area contributed by atoms with Gasteiger partial charge < -0.3 is 5.11 Å². The van der Waals surface area contributed by atoms with E-state index in [0.717, 1.165) is 0 Å². The highest BCUT2D eigenvalue weighted by atomic mass is 32.2. The van der Waals surface area contributed by atoms with Crippen LogP contribution in [0.3, 0.4) is 0 Å². The van der Waals surface area contributed by atoms with Crippen LogP contribution in [0.5, 0.6) is 0 Å². The fraction of sp³-hybridized carbons (Fsp3) is 0.778. The Hall–Kier alpha value is -0.750. The van der Waals surface area contributed by atoms with Gasteiger partial charge in [0.1, 0.15) is 0 Å². The van der Waals surface area contributed by atoms with Crippen LogP contribution < -0.4 is 5.69 Å². The summed E-state index contributed by atoms with van der Waals surface area (Å²) in [6.07, 6.45) is 0.681. The Balaban J connectivity index is 2.69. The number of hydrogen-bond acceptors (Lipinski definition) is 4. The minimum Gasteiger partial charge on any atom is -0.389 e. The second kappa shape index (κ2) is 4.85. The van der Waals surface area contributed by atoms with Crippen LogP contribution in [-0.4, -0.2) is 31.2 Å². The number of thioether (sulfide) groups is 1. The second-order valence-corrected chi connectivity index (χ2v) is 4.64. The van der Waals surface area contributed by atoms with Gasteiger partial charge in [0.2, 0.25) is 0 Å². The number of nitrogens with one attached hydrogen (secondary N) is 1. The van der Waals surface area contributed by atoms with E-state index in [-0.39, 0.29) is 5.69 Å². The summed E-state index contributed by atoms with van der Waals surface area (Å²) in [4.78, 5) is 11.2. The molecule has 5 nitrogen and oxygen atoms in total. The van der Waals surface area contributed by atoms with Crippen molar-refractivity contribution in [2.24, 2.45) is 0 Å². The first-order chi connectivity index (χ1) is 7.00. The fourth-order valence-electron chi connectivity index (χ4n) is 1.01. The lowest BCUT2D eigenvalue weighted by Crippen LogP contribution is -2.26. The van der Waals surface area contributed by atoms with E-state index in [1.165, 1.54) is 11.8 Å². The average Bonchev–Trinajstić information content (AvgIpc) is 2.56. The SMILES string of the molecule is CCn1c(SCC(C)(O)CC)n[nH]c1=O. The standard InChI is InChI=1S/C9H17N3O2S/c1-4-9(3,14)6-15-8-11-10-7(13)12(8)5-2/h14H,4-6H2,1-3H3,(H,10,13). The van der Waals surface area contributed by atoms with Crippen molar-refractivity contribution in [2.75, 3.05) is 5.75 Å². The minimum absolute atomic E-state index is 0.198. The highest BCUT2D eigenvalue weighted by Gasteiger charge is 2.19. The van der Waals surface area contributed by atoms with Gasteiger partial charge in [-0.1, -0.05) is 18.7 Å². The van der Waals surface area contributed by atoms with Gasteiger partial charge in [-0.25, -0.2) is 9.89 Å². The maximum absolute atomic E-state index is 11.2. The van der Waals surface area contributed by atoms with E-state index in [4.69, 9.17) is 0 Å². The second-order valence-electron chi connectivity index (χ2n) is 3.69. The van der Waals surface area contributed by atoms with E-state index in [0.29, 0.717) is 23.9 Å². The maximum atomic E-state index is 11.2. The van der Waals surface area contributed by atoms with Crippen LogP contribution in [0.2, 0.25) is 0 Å². The molecule has 1 unspecified atom stereocenters. The van der Waals surface area contributed by atoms with Crippen LogP contribution in [0.15, 0.2) is 9.95 Å². The number of rotatable bonds is 5. The molecule has 0 aliphatic rings. The third kappa shape index (κ3) is 3.10. The Morgan fingerprint density at radius 1 is 1.60 bits per heavy atom. The summed E-state index contributed by atoms with van der Waals surface area (Å²) in [6, 6.07) is 0. The van der Waals surface area contributed by atoms with Crippen LogP contribution in [0.1, 0.15) is 27.2 Å². The van der Waals surface area contributed by atoms with Crippen molar-refractivity contribution in [3.8, 4) is 0 Å². The number of nitrogens with zero attached hydrogens (tertiary/aromatic N) is 2. The predicted octanol–water partition coefficient (Wildman–Crippen LogP) is 0.844. The van der Waals surface area contributed by atoms with Crippen molar-refractivity contribution in [3.63, 3.8) is 0 Å². The van der Waals surface area contributed by atoms with Gasteiger partial charge in [-0.2, -0.15) is 0 Å².